The highest BCUT2D eigenvalue weighted by atomic mass is 16.5. The Kier molecular flexibility index (Phi) is 4.61. The van der Waals surface area contributed by atoms with E-state index in [4.69, 9.17) is 4.74 Å². The Morgan fingerprint density at radius 1 is 1.10 bits per heavy atom. The molecule has 108 valence electrons. The first kappa shape index (κ1) is 14.6. The molecule has 21 heavy (non-hydrogen) atoms. The minimum Gasteiger partial charge on any atom is -0.462 e. The van der Waals surface area contributed by atoms with Crippen molar-refractivity contribution in [1.29, 1.82) is 0 Å². The SMILES string of the molecule is CCOC(=O)c1ccc(NC(=O)c2cnc(C)nc2)cc1. The van der Waals surface area contributed by atoms with E-state index < -0.39 is 0 Å². The van der Waals surface area contributed by atoms with Gasteiger partial charge >= 0.3 is 5.97 Å². The number of nitrogens with one attached hydrogen (secondary N) is 1. The van der Waals surface area contributed by atoms with Gasteiger partial charge in [0.1, 0.15) is 5.82 Å². The van der Waals surface area contributed by atoms with Crippen molar-refractivity contribution in [1.82, 2.24) is 9.97 Å². The summed E-state index contributed by atoms with van der Waals surface area (Å²) >= 11 is 0. The molecule has 0 radical (unpaired) electrons. The van der Waals surface area contributed by atoms with Crippen LogP contribution in [0, 0.1) is 6.92 Å². The van der Waals surface area contributed by atoms with Gasteiger partial charge in [-0.05, 0) is 38.1 Å². The number of hydrogen-bond acceptors (Lipinski definition) is 5. The van der Waals surface area contributed by atoms with Gasteiger partial charge < -0.3 is 10.1 Å². The molecule has 0 fully saturated rings. The predicted molar refractivity (Wildman–Crippen MR) is 77.1 cm³/mol. The first-order chi connectivity index (χ1) is 10.1. The highest BCUT2D eigenvalue weighted by Crippen LogP contribution is 2.12. The third kappa shape index (κ3) is 3.85. The van der Waals surface area contributed by atoms with Crippen LogP contribution in [0.2, 0.25) is 0 Å². The van der Waals surface area contributed by atoms with Gasteiger partial charge in [0, 0.05) is 18.1 Å². The van der Waals surface area contributed by atoms with E-state index in [1.807, 2.05) is 0 Å². The fourth-order valence-electron chi connectivity index (χ4n) is 1.62. The number of aryl methyl sites for hydroxylation is 1. The molecule has 0 saturated heterocycles. The van der Waals surface area contributed by atoms with Gasteiger partial charge in [-0.25, -0.2) is 14.8 Å². The number of benzene rings is 1. The summed E-state index contributed by atoms with van der Waals surface area (Å²) in [6.45, 7) is 3.82. The number of carbonyl (C=O) groups excluding carboxylic acids is 2. The minimum absolute atomic E-state index is 0.307. The molecule has 1 aromatic heterocycles. The monoisotopic (exact) mass is 285 g/mol. The zero-order valence-electron chi connectivity index (χ0n) is 11.8. The molecular formula is C15H15N3O3. The summed E-state index contributed by atoms with van der Waals surface area (Å²) in [7, 11) is 0. The van der Waals surface area contributed by atoms with E-state index >= 15 is 0 Å². The molecule has 0 spiro atoms. The number of nitrogens with zero attached hydrogens (tertiary/aromatic N) is 2. The average Bonchev–Trinajstić information content (AvgIpc) is 2.49. The van der Waals surface area contributed by atoms with Crippen LogP contribution < -0.4 is 5.32 Å². The number of amides is 1. The zero-order chi connectivity index (χ0) is 15.2. The van der Waals surface area contributed by atoms with Crippen molar-refractivity contribution in [3.05, 3.63) is 53.6 Å². The quantitative estimate of drug-likeness (QED) is 0.871. The first-order valence-corrected chi connectivity index (χ1v) is 6.47. The van der Waals surface area contributed by atoms with Crippen molar-refractivity contribution < 1.29 is 14.3 Å². The Balaban J connectivity index is 2.04. The van der Waals surface area contributed by atoms with E-state index in [9.17, 15) is 9.59 Å². The number of hydrogen-bond donors (Lipinski definition) is 1. The Bertz CT molecular complexity index is 636. The smallest absolute Gasteiger partial charge is 0.338 e. The first-order valence-electron chi connectivity index (χ1n) is 6.47. The normalized spacial score (nSPS) is 10.0. The Hall–Kier alpha value is -2.76. The molecule has 1 aromatic carbocycles. The molecule has 2 rings (SSSR count). The van der Waals surface area contributed by atoms with Gasteiger partial charge in [-0.2, -0.15) is 0 Å². The van der Waals surface area contributed by atoms with Gasteiger partial charge in [-0.15, -0.1) is 0 Å². The van der Waals surface area contributed by atoms with Gasteiger partial charge in [0.2, 0.25) is 0 Å². The maximum atomic E-state index is 12.0. The number of aromatic nitrogens is 2. The third-order valence-corrected chi connectivity index (χ3v) is 2.70. The van der Waals surface area contributed by atoms with Crippen LogP contribution in [-0.2, 0) is 4.74 Å². The van der Waals surface area contributed by atoms with E-state index in [0.29, 0.717) is 29.2 Å². The molecule has 6 heteroatoms. The van der Waals surface area contributed by atoms with Crippen LogP contribution in [0.15, 0.2) is 36.7 Å². The fourth-order valence-corrected chi connectivity index (χ4v) is 1.62. The number of ether oxygens (including phenoxy) is 1. The fraction of sp³-hybridized carbons (Fsp3) is 0.200. The molecule has 0 atom stereocenters. The Labute approximate surface area is 122 Å². The lowest BCUT2D eigenvalue weighted by Crippen LogP contribution is -2.13. The molecule has 1 N–H and O–H groups in total. The topological polar surface area (TPSA) is 81.2 Å². The van der Waals surface area contributed by atoms with E-state index in [2.05, 4.69) is 15.3 Å². The van der Waals surface area contributed by atoms with E-state index in [-0.39, 0.29) is 11.9 Å². The number of rotatable bonds is 4. The van der Waals surface area contributed by atoms with Crippen LogP contribution in [0.5, 0.6) is 0 Å². The lowest BCUT2D eigenvalue weighted by molar-refractivity contribution is 0.0526. The van der Waals surface area contributed by atoms with Gasteiger partial charge in [-0.1, -0.05) is 0 Å². The number of esters is 1. The largest absolute Gasteiger partial charge is 0.462 e. The zero-order valence-corrected chi connectivity index (χ0v) is 11.8. The van der Waals surface area contributed by atoms with E-state index in [0.717, 1.165) is 0 Å². The second kappa shape index (κ2) is 6.60. The molecule has 1 heterocycles. The van der Waals surface area contributed by atoms with Crippen LogP contribution in [0.4, 0.5) is 5.69 Å². The van der Waals surface area contributed by atoms with Gasteiger partial charge in [0.15, 0.2) is 0 Å². The van der Waals surface area contributed by atoms with Gasteiger partial charge in [0.25, 0.3) is 5.91 Å². The lowest BCUT2D eigenvalue weighted by Gasteiger charge is -2.06. The van der Waals surface area contributed by atoms with Crippen molar-refractivity contribution in [2.24, 2.45) is 0 Å². The van der Waals surface area contributed by atoms with Crippen molar-refractivity contribution >= 4 is 17.6 Å². The van der Waals surface area contributed by atoms with Crippen molar-refractivity contribution in [3.8, 4) is 0 Å². The highest BCUT2D eigenvalue weighted by Gasteiger charge is 2.09. The molecule has 2 aromatic rings. The summed E-state index contributed by atoms with van der Waals surface area (Å²) in [5.74, 6) is -0.0912. The van der Waals surface area contributed by atoms with Crippen LogP contribution in [0.1, 0.15) is 33.5 Å². The average molecular weight is 285 g/mol. The van der Waals surface area contributed by atoms with E-state index in [1.54, 1.807) is 38.1 Å². The summed E-state index contributed by atoms with van der Waals surface area (Å²) in [5, 5.41) is 2.70. The highest BCUT2D eigenvalue weighted by molar-refractivity contribution is 6.04. The summed E-state index contributed by atoms with van der Waals surface area (Å²) in [4.78, 5) is 31.4. The maximum Gasteiger partial charge on any atom is 0.338 e. The molecule has 6 nitrogen and oxygen atoms in total. The van der Waals surface area contributed by atoms with Crippen LogP contribution in [0.25, 0.3) is 0 Å². The van der Waals surface area contributed by atoms with Crippen LogP contribution in [0.3, 0.4) is 0 Å². The Morgan fingerprint density at radius 2 is 1.71 bits per heavy atom. The lowest BCUT2D eigenvalue weighted by atomic mass is 10.2. The molecule has 0 unspecified atom stereocenters. The molecule has 0 saturated carbocycles. The van der Waals surface area contributed by atoms with Crippen molar-refractivity contribution in [2.75, 3.05) is 11.9 Å². The third-order valence-electron chi connectivity index (χ3n) is 2.70. The molecular weight excluding hydrogens is 270 g/mol. The standard InChI is InChI=1S/C15H15N3O3/c1-3-21-15(20)11-4-6-13(7-5-11)18-14(19)12-8-16-10(2)17-9-12/h4-9H,3H2,1-2H3,(H,18,19). The molecule has 0 bridgehead atoms. The number of anilines is 1. The summed E-state index contributed by atoms with van der Waals surface area (Å²) in [6, 6.07) is 6.47. The molecule has 0 aliphatic heterocycles. The second-order valence-corrected chi connectivity index (χ2v) is 4.27. The summed E-state index contributed by atoms with van der Waals surface area (Å²) < 4.78 is 4.89. The maximum absolute atomic E-state index is 12.0. The molecule has 0 aliphatic carbocycles. The van der Waals surface area contributed by atoms with Gasteiger partial charge in [0.05, 0.1) is 17.7 Å². The summed E-state index contributed by atoms with van der Waals surface area (Å²) in [6.07, 6.45) is 2.93. The molecule has 1 amide bonds. The molecule has 0 aliphatic rings. The Morgan fingerprint density at radius 3 is 2.29 bits per heavy atom. The predicted octanol–water partition coefficient (Wildman–Crippen LogP) is 2.21. The number of carbonyl (C=O) groups is 2. The minimum atomic E-state index is -0.387. The van der Waals surface area contributed by atoms with Crippen molar-refractivity contribution in [3.63, 3.8) is 0 Å². The van der Waals surface area contributed by atoms with E-state index in [1.165, 1.54) is 12.4 Å². The van der Waals surface area contributed by atoms with Gasteiger partial charge in [-0.3, -0.25) is 4.79 Å². The van der Waals surface area contributed by atoms with Crippen LogP contribution in [-0.4, -0.2) is 28.5 Å². The summed E-state index contributed by atoms with van der Waals surface area (Å²) in [5.41, 5.74) is 1.39. The second-order valence-electron chi connectivity index (χ2n) is 4.27. The van der Waals surface area contributed by atoms with Crippen LogP contribution >= 0.6 is 0 Å². The van der Waals surface area contributed by atoms with Crippen molar-refractivity contribution in [2.45, 2.75) is 13.8 Å².